The van der Waals surface area contributed by atoms with Gasteiger partial charge >= 0.3 is 0 Å². The molecule has 5 nitrogen and oxygen atoms in total. The van der Waals surface area contributed by atoms with Crippen molar-refractivity contribution in [2.45, 2.75) is 192 Å². The highest BCUT2D eigenvalue weighted by molar-refractivity contribution is 5.08. The molecule has 38 heavy (non-hydrogen) atoms. The summed E-state index contributed by atoms with van der Waals surface area (Å²) in [7, 11) is 0. The highest BCUT2D eigenvalue weighted by Gasteiger charge is 2.43. The molecule has 0 amide bonds. The van der Waals surface area contributed by atoms with Gasteiger partial charge in [0.2, 0.25) is 0 Å². The molecule has 0 unspecified atom stereocenters. The lowest BCUT2D eigenvalue weighted by Crippen LogP contribution is -2.63. The van der Waals surface area contributed by atoms with E-state index < -0.39 is 0 Å². The molecule has 0 radical (unpaired) electrons. The molecule has 220 valence electrons. The second-order valence-electron chi connectivity index (χ2n) is 16.2. The maximum atomic E-state index is 11.8. The molecular formula is C33H62N4O. The van der Waals surface area contributed by atoms with Gasteiger partial charge in [-0.1, -0.05) is 38.5 Å². The van der Waals surface area contributed by atoms with E-state index >= 15 is 0 Å². The molecule has 5 heteroatoms. The fraction of sp³-hybridized carbons (Fsp3) is 0.939. The van der Waals surface area contributed by atoms with Crippen LogP contribution in [-0.2, 0) is 0 Å². The van der Waals surface area contributed by atoms with Crippen molar-refractivity contribution in [1.82, 2.24) is 20.4 Å². The van der Waals surface area contributed by atoms with E-state index in [-0.39, 0.29) is 22.2 Å². The average molecular weight is 531 g/mol. The van der Waals surface area contributed by atoms with Gasteiger partial charge in [-0.15, -0.1) is 0 Å². The van der Waals surface area contributed by atoms with E-state index in [9.17, 15) is 5.11 Å². The maximum Gasteiger partial charge on any atom is 0.122 e. The maximum absolute atomic E-state index is 11.8. The van der Waals surface area contributed by atoms with Crippen LogP contribution in [0.4, 0.5) is 0 Å². The van der Waals surface area contributed by atoms with Gasteiger partial charge in [0.05, 0.1) is 6.54 Å². The Morgan fingerprint density at radius 1 is 0.605 bits per heavy atom. The first kappa shape index (κ1) is 30.2. The summed E-state index contributed by atoms with van der Waals surface area (Å²) in [5, 5.41) is 19.6. The second kappa shape index (κ2) is 11.6. The first-order valence-corrected chi connectivity index (χ1v) is 16.2. The lowest BCUT2D eigenvalue weighted by Gasteiger charge is -2.52. The Morgan fingerprint density at radius 2 is 1.00 bits per heavy atom. The van der Waals surface area contributed by atoms with Crippen LogP contribution in [0.5, 0.6) is 0 Å². The number of aliphatic hydroxyl groups is 1. The van der Waals surface area contributed by atoms with Crippen molar-refractivity contribution < 1.29 is 5.11 Å². The smallest absolute Gasteiger partial charge is 0.122 e. The van der Waals surface area contributed by atoms with Crippen molar-refractivity contribution in [3.8, 4) is 0 Å². The summed E-state index contributed by atoms with van der Waals surface area (Å²) in [4.78, 5) is 5.39. The predicted molar refractivity (Wildman–Crippen MR) is 162 cm³/mol. The molecule has 4 rings (SSSR count). The first-order chi connectivity index (χ1) is 17.6. The van der Waals surface area contributed by atoms with Gasteiger partial charge in [-0.25, -0.2) is 0 Å². The molecule has 0 spiro atoms. The van der Waals surface area contributed by atoms with Crippen molar-refractivity contribution >= 4 is 0 Å². The number of nitrogens with zero attached hydrogens (tertiary/aromatic N) is 2. The molecular weight excluding hydrogens is 468 g/mol. The number of piperidine rings is 2. The molecule has 2 aliphatic carbocycles. The van der Waals surface area contributed by atoms with Crippen LogP contribution < -0.4 is 10.6 Å². The van der Waals surface area contributed by atoms with Crippen LogP contribution in [0.2, 0.25) is 0 Å². The highest BCUT2D eigenvalue weighted by atomic mass is 16.3. The SMILES string of the molecule is CC1(C)CC(N(/C=C(/O)CN(C2CCCCC2)C2CC(C)(C)NC(C)(C)C2)C2CCCCC2)CC(C)(C)N1. The Balaban J connectivity index is 1.60. The molecule has 0 aromatic rings. The van der Waals surface area contributed by atoms with Crippen LogP contribution in [0.15, 0.2) is 12.0 Å². The Kier molecular flexibility index (Phi) is 9.22. The van der Waals surface area contributed by atoms with E-state index in [0.29, 0.717) is 36.5 Å². The summed E-state index contributed by atoms with van der Waals surface area (Å²) in [6.07, 6.45) is 19.9. The number of hydrogen-bond donors (Lipinski definition) is 3. The molecule has 2 aliphatic heterocycles. The molecule has 0 atom stereocenters. The van der Waals surface area contributed by atoms with Gasteiger partial charge in [0.15, 0.2) is 0 Å². The largest absolute Gasteiger partial charge is 0.509 e. The topological polar surface area (TPSA) is 50.8 Å². The van der Waals surface area contributed by atoms with Gasteiger partial charge in [0, 0.05) is 52.5 Å². The van der Waals surface area contributed by atoms with Gasteiger partial charge in [0.1, 0.15) is 5.76 Å². The third-order valence-electron chi connectivity index (χ3n) is 9.91. The second-order valence-corrected chi connectivity index (χ2v) is 16.2. The minimum atomic E-state index is 0.100. The van der Waals surface area contributed by atoms with E-state index in [0.717, 1.165) is 25.7 Å². The van der Waals surface area contributed by atoms with Gasteiger partial charge in [-0.3, -0.25) is 4.90 Å². The van der Waals surface area contributed by atoms with Crippen LogP contribution >= 0.6 is 0 Å². The molecule has 0 aromatic carbocycles. The van der Waals surface area contributed by atoms with Gasteiger partial charge in [-0.05, 0) is 107 Å². The zero-order chi connectivity index (χ0) is 27.8. The van der Waals surface area contributed by atoms with Crippen LogP contribution in [0, 0.1) is 0 Å². The first-order valence-electron chi connectivity index (χ1n) is 16.2. The summed E-state index contributed by atoms with van der Waals surface area (Å²) < 4.78 is 0. The van der Waals surface area contributed by atoms with Crippen LogP contribution in [0.25, 0.3) is 0 Å². The average Bonchev–Trinajstić information content (AvgIpc) is 2.78. The molecule has 3 N–H and O–H groups in total. The molecule has 2 saturated heterocycles. The van der Waals surface area contributed by atoms with Gasteiger partial charge < -0.3 is 20.6 Å². The monoisotopic (exact) mass is 530 g/mol. The normalized spacial score (nSPS) is 29.4. The van der Waals surface area contributed by atoms with Crippen LogP contribution in [-0.4, -0.2) is 67.8 Å². The minimum absolute atomic E-state index is 0.100. The zero-order valence-electron chi connectivity index (χ0n) is 26.3. The van der Waals surface area contributed by atoms with Crippen molar-refractivity contribution in [1.29, 1.82) is 0 Å². The number of hydrogen-bond acceptors (Lipinski definition) is 5. The lowest BCUT2D eigenvalue weighted by atomic mass is 9.77. The minimum Gasteiger partial charge on any atom is -0.509 e. The van der Waals surface area contributed by atoms with E-state index in [4.69, 9.17) is 0 Å². The molecule has 2 saturated carbocycles. The zero-order valence-corrected chi connectivity index (χ0v) is 26.3. The summed E-state index contributed by atoms with van der Waals surface area (Å²) in [6.45, 7) is 19.6. The van der Waals surface area contributed by atoms with Crippen LogP contribution in [0.3, 0.4) is 0 Å². The van der Waals surface area contributed by atoms with Crippen molar-refractivity contribution in [2.24, 2.45) is 0 Å². The van der Waals surface area contributed by atoms with Crippen LogP contribution in [0.1, 0.15) is 145 Å². The number of nitrogens with one attached hydrogen (secondary N) is 2. The van der Waals surface area contributed by atoms with E-state index in [1.54, 1.807) is 0 Å². The number of aliphatic hydroxyl groups excluding tert-OH is 1. The quantitative estimate of drug-likeness (QED) is 0.302. The van der Waals surface area contributed by atoms with Crippen molar-refractivity contribution in [3.63, 3.8) is 0 Å². The highest BCUT2D eigenvalue weighted by Crippen LogP contribution is 2.38. The number of rotatable bonds is 7. The van der Waals surface area contributed by atoms with E-state index in [2.05, 4.69) is 82.0 Å². The molecule has 4 fully saturated rings. The van der Waals surface area contributed by atoms with Crippen molar-refractivity contribution in [3.05, 3.63) is 12.0 Å². The summed E-state index contributed by atoms with van der Waals surface area (Å²) in [5.74, 6) is 0.587. The summed E-state index contributed by atoms with van der Waals surface area (Å²) in [6, 6.07) is 2.11. The summed E-state index contributed by atoms with van der Waals surface area (Å²) >= 11 is 0. The third kappa shape index (κ3) is 8.13. The lowest BCUT2D eigenvalue weighted by molar-refractivity contribution is 0.0246. The third-order valence-corrected chi connectivity index (χ3v) is 9.91. The Bertz CT molecular complexity index is 772. The Morgan fingerprint density at radius 3 is 1.45 bits per heavy atom. The fourth-order valence-electron chi connectivity index (χ4n) is 9.24. The fourth-order valence-corrected chi connectivity index (χ4v) is 9.24. The van der Waals surface area contributed by atoms with E-state index in [1.807, 2.05) is 0 Å². The molecule has 0 aromatic heterocycles. The standard InChI is InChI=1S/C33H62N4O/c1-30(2)19-27(20-31(3,4)34-30)36(25-15-11-9-12-16-25)23-29(38)24-37(26-17-13-10-14-18-26)28-21-32(5,6)35-33(7,8)22-28/h23,25-28,34-35,38H,9-22,24H2,1-8H3/b29-23+. The predicted octanol–water partition coefficient (Wildman–Crippen LogP) is 7.27. The van der Waals surface area contributed by atoms with E-state index in [1.165, 1.54) is 64.2 Å². The Labute approximate surface area is 235 Å². The van der Waals surface area contributed by atoms with Gasteiger partial charge in [0.25, 0.3) is 0 Å². The summed E-state index contributed by atoms with van der Waals surface area (Å²) in [5.41, 5.74) is 0.421. The van der Waals surface area contributed by atoms with Crippen molar-refractivity contribution in [2.75, 3.05) is 6.54 Å². The molecule has 4 aliphatic rings. The molecule has 0 bridgehead atoms. The van der Waals surface area contributed by atoms with Gasteiger partial charge in [-0.2, -0.15) is 0 Å². The Hall–Kier alpha value is -0.780. The molecule has 2 heterocycles.